The van der Waals surface area contributed by atoms with E-state index in [1.807, 2.05) is 0 Å². The van der Waals surface area contributed by atoms with Gasteiger partial charge < -0.3 is 0 Å². The van der Waals surface area contributed by atoms with Gasteiger partial charge >= 0.3 is 0 Å². The maximum Gasteiger partial charge on any atom is 0.115 e. The Morgan fingerprint density at radius 2 is 1.00 bits per heavy atom. The van der Waals surface area contributed by atoms with Gasteiger partial charge in [-0.15, -0.1) is 0 Å². The molecule has 0 unspecified atom stereocenters. The Kier molecular flexibility index (Phi) is 9.44. The van der Waals surface area contributed by atoms with Gasteiger partial charge in [-0.1, -0.05) is 102 Å². The molecule has 0 amide bonds. The first-order chi connectivity index (χ1) is 14.4. The first-order valence-corrected chi connectivity index (χ1v) is 14.1. The van der Waals surface area contributed by atoms with Crippen LogP contribution >= 0.6 is 29.9 Å². The second-order valence-corrected chi connectivity index (χ2v) is 12.0. The first kappa shape index (κ1) is 22.2. The quantitative estimate of drug-likeness (QED) is 0.0859. The van der Waals surface area contributed by atoms with Crippen molar-refractivity contribution in [1.29, 1.82) is 0 Å². The van der Waals surface area contributed by atoms with Crippen LogP contribution in [0, 0.1) is 0 Å². The Balaban J connectivity index is 1.91. The van der Waals surface area contributed by atoms with E-state index in [0.29, 0.717) is 0 Å². The predicted molar refractivity (Wildman–Crippen MR) is 141 cm³/mol. The molecule has 0 fully saturated rings. The summed E-state index contributed by atoms with van der Waals surface area (Å²) in [5.41, 5.74) is 0. The molecule has 3 aromatic carbocycles. The van der Waals surface area contributed by atoms with Crippen LogP contribution in [0.15, 0.2) is 103 Å². The molecule has 0 nitrogen and oxygen atoms in total. The highest BCUT2D eigenvalue weighted by molar-refractivity contribution is 14.1. The van der Waals surface area contributed by atoms with E-state index in [1.165, 1.54) is 52.4 Å². The van der Waals surface area contributed by atoms with Gasteiger partial charge in [0.1, 0.15) is 23.2 Å². The smallest absolute Gasteiger partial charge is 0.0864 e. The summed E-state index contributed by atoms with van der Waals surface area (Å²) >= 11 is 2.48. The Labute approximate surface area is 190 Å². The fourth-order valence-corrected chi connectivity index (χ4v) is 8.45. The largest absolute Gasteiger partial charge is 0.115 e. The molecule has 3 aromatic rings. The Morgan fingerprint density at radius 3 is 1.45 bits per heavy atom. The second-order valence-electron chi connectivity index (χ2n) is 7.36. The molecule has 0 saturated carbocycles. The van der Waals surface area contributed by atoms with Gasteiger partial charge in [-0.2, -0.15) is 0 Å². The van der Waals surface area contributed by atoms with Gasteiger partial charge in [0.15, 0.2) is 0 Å². The van der Waals surface area contributed by atoms with E-state index < -0.39 is 7.26 Å². The molecule has 0 saturated heterocycles. The molecule has 29 heavy (non-hydrogen) atoms. The van der Waals surface area contributed by atoms with Crippen LogP contribution in [0.4, 0.5) is 0 Å². The molecule has 0 aliphatic carbocycles. The van der Waals surface area contributed by atoms with Crippen LogP contribution in [0.3, 0.4) is 0 Å². The molecule has 0 aromatic heterocycles. The molecule has 150 valence electrons. The molecule has 0 spiro atoms. The number of allylic oxidation sites excluding steroid dienone is 2. The number of hydrogen-bond donors (Lipinski definition) is 0. The van der Waals surface area contributed by atoms with Crippen molar-refractivity contribution >= 4 is 45.8 Å². The average Bonchev–Trinajstić information content (AvgIpc) is 2.80. The SMILES string of the molecule is ICCCCCCC=CC[P+](c1ccccc1)(c1ccccc1)c1ccccc1. The van der Waals surface area contributed by atoms with E-state index in [0.717, 1.165) is 6.16 Å². The predicted octanol–water partition coefficient (Wildman–Crippen LogP) is 6.92. The van der Waals surface area contributed by atoms with Crippen molar-refractivity contribution in [2.24, 2.45) is 0 Å². The zero-order valence-electron chi connectivity index (χ0n) is 17.1. The Morgan fingerprint density at radius 1 is 0.552 bits per heavy atom. The van der Waals surface area contributed by atoms with E-state index in [2.05, 4.69) is 126 Å². The van der Waals surface area contributed by atoms with Crippen LogP contribution in [-0.2, 0) is 0 Å². The Hall–Kier alpha value is -1.44. The van der Waals surface area contributed by atoms with Crippen molar-refractivity contribution in [3.63, 3.8) is 0 Å². The third kappa shape index (κ3) is 6.03. The van der Waals surface area contributed by atoms with Gasteiger partial charge in [-0.25, -0.2) is 0 Å². The lowest BCUT2D eigenvalue weighted by Crippen LogP contribution is -2.32. The highest BCUT2D eigenvalue weighted by atomic mass is 127. The normalized spacial score (nSPS) is 11.8. The number of alkyl halides is 1. The van der Waals surface area contributed by atoms with Crippen molar-refractivity contribution in [3.8, 4) is 0 Å². The van der Waals surface area contributed by atoms with E-state index in [-0.39, 0.29) is 0 Å². The van der Waals surface area contributed by atoms with Crippen molar-refractivity contribution in [3.05, 3.63) is 103 Å². The summed E-state index contributed by atoms with van der Waals surface area (Å²) in [5.74, 6) is 0. The minimum Gasteiger partial charge on any atom is -0.0864 e. The van der Waals surface area contributed by atoms with E-state index in [4.69, 9.17) is 0 Å². The van der Waals surface area contributed by atoms with Gasteiger partial charge in [0, 0.05) is 0 Å². The zero-order chi connectivity index (χ0) is 20.2. The van der Waals surface area contributed by atoms with Crippen LogP contribution < -0.4 is 15.9 Å². The summed E-state index contributed by atoms with van der Waals surface area (Å²) < 4.78 is 1.28. The van der Waals surface area contributed by atoms with E-state index in [1.54, 1.807) is 0 Å². The summed E-state index contributed by atoms with van der Waals surface area (Å²) in [7, 11) is -1.71. The second kappa shape index (κ2) is 12.3. The van der Waals surface area contributed by atoms with Crippen LogP contribution in [0.5, 0.6) is 0 Å². The van der Waals surface area contributed by atoms with Crippen molar-refractivity contribution in [2.45, 2.75) is 32.1 Å². The summed E-state index contributed by atoms with van der Waals surface area (Å²) in [6.45, 7) is 0. The van der Waals surface area contributed by atoms with Crippen LogP contribution in [-0.4, -0.2) is 10.6 Å². The topological polar surface area (TPSA) is 0 Å². The van der Waals surface area contributed by atoms with Crippen LogP contribution in [0.1, 0.15) is 32.1 Å². The maximum atomic E-state index is 2.48. The zero-order valence-corrected chi connectivity index (χ0v) is 20.1. The minimum absolute atomic E-state index is 1.08. The lowest BCUT2D eigenvalue weighted by Gasteiger charge is -2.26. The van der Waals surface area contributed by atoms with Gasteiger partial charge in [-0.3, -0.25) is 0 Å². The lowest BCUT2D eigenvalue weighted by atomic mass is 10.1. The number of hydrogen-bond acceptors (Lipinski definition) is 0. The van der Waals surface area contributed by atoms with Crippen molar-refractivity contribution in [2.75, 3.05) is 10.6 Å². The lowest BCUT2D eigenvalue weighted by molar-refractivity contribution is 0.681. The number of rotatable bonds is 11. The fourth-order valence-electron chi connectivity index (χ4n) is 3.87. The van der Waals surface area contributed by atoms with Gasteiger partial charge in [0.2, 0.25) is 0 Å². The molecule has 0 bridgehead atoms. The fraction of sp³-hybridized carbons (Fsp3) is 0.259. The number of benzene rings is 3. The van der Waals surface area contributed by atoms with E-state index in [9.17, 15) is 0 Å². The first-order valence-electron chi connectivity index (χ1n) is 10.6. The van der Waals surface area contributed by atoms with Crippen molar-refractivity contribution in [1.82, 2.24) is 0 Å². The molecular weight excluding hydrogens is 482 g/mol. The molecule has 0 N–H and O–H groups in total. The Bertz CT molecular complexity index is 747. The molecule has 2 heteroatoms. The van der Waals surface area contributed by atoms with Gasteiger partial charge in [-0.05, 0) is 60.1 Å². The summed E-state index contributed by atoms with van der Waals surface area (Å²) in [4.78, 5) is 0. The monoisotopic (exact) mass is 513 g/mol. The molecule has 0 aliphatic heterocycles. The molecule has 0 radical (unpaired) electrons. The summed E-state index contributed by atoms with van der Waals surface area (Å²) in [6.07, 6.45) is 12.5. The van der Waals surface area contributed by atoms with Gasteiger partial charge in [0.25, 0.3) is 0 Å². The third-order valence-corrected chi connectivity index (χ3v) is 10.5. The van der Waals surface area contributed by atoms with E-state index >= 15 is 0 Å². The maximum absolute atomic E-state index is 2.48. The molecule has 0 heterocycles. The highest BCUT2D eigenvalue weighted by Crippen LogP contribution is 2.55. The summed E-state index contributed by atoms with van der Waals surface area (Å²) in [6, 6.07) is 33.4. The molecule has 0 atom stereocenters. The molecular formula is C27H31IP+. The molecule has 0 aliphatic rings. The van der Waals surface area contributed by atoms with Crippen LogP contribution in [0.25, 0.3) is 0 Å². The van der Waals surface area contributed by atoms with Crippen LogP contribution in [0.2, 0.25) is 0 Å². The summed E-state index contributed by atoms with van der Waals surface area (Å²) in [5, 5.41) is 4.39. The van der Waals surface area contributed by atoms with Crippen molar-refractivity contribution < 1.29 is 0 Å². The average molecular weight is 513 g/mol. The highest BCUT2D eigenvalue weighted by Gasteiger charge is 2.43. The minimum atomic E-state index is -1.71. The third-order valence-electron chi connectivity index (χ3n) is 5.39. The van der Waals surface area contributed by atoms with Gasteiger partial charge in [0.05, 0.1) is 6.16 Å². The number of halogens is 1. The standard InChI is InChI=1S/C27H31IP/c28-23-15-4-2-1-3-5-16-24-29(25-17-9-6-10-18-25,26-19-11-7-12-20-26)27-21-13-8-14-22-27/h5-14,16-22H,1-4,15,23-24H2/q+1. The molecule has 3 rings (SSSR count). The number of unbranched alkanes of at least 4 members (excludes halogenated alkanes) is 4.